The monoisotopic (exact) mass is 319 g/mol. The predicted molar refractivity (Wildman–Crippen MR) is 84.1 cm³/mol. The fourth-order valence-corrected chi connectivity index (χ4v) is 4.08. The maximum atomic E-state index is 13.8. The van der Waals surface area contributed by atoms with Crippen molar-refractivity contribution in [2.45, 2.75) is 44.4 Å². The summed E-state index contributed by atoms with van der Waals surface area (Å²) in [5.74, 6) is -0.947. The molecule has 1 aliphatic rings. The van der Waals surface area contributed by atoms with Crippen LogP contribution in [0.15, 0.2) is 24.3 Å². The first-order chi connectivity index (χ1) is 10.6. The third-order valence-electron chi connectivity index (χ3n) is 4.18. The number of carboxylic acid groups (broad SMARTS) is 1. The molecule has 0 bridgehead atoms. The normalized spacial score (nSPS) is 15.9. The molecule has 0 radical (unpaired) electrons. The van der Waals surface area contributed by atoms with Gasteiger partial charge in [-0.25, -0.2) is 14.2 Å². The summed E-state index contributed by atoms with van der Waals surface area (Å²) >= 11 is 1.19. The van der Waals surface area contributed by atoms with Gasteiger partial charge in [0.15, 0.2) is 0 Å². The van der Waals surface area contributed by atoms with Gasteiger partial charge in [-0.1, -0.05) is 37.5 Å². The van der Waals surface area contributed by atoms with E-state index in [0.717, 1.165) is 25.7 Å². The van der Waals surface area contributed by atoms with Crippen LogP contribution in [0.2, 0.25) is 0 Å². The van der Waals surface area contributed by atoms with Gasteiger partial charge in [0, 0.05) is 12.3 Å². The van der Waals surface area contributed by atoms with Crippen LogP contribution in [0, 0.1) is 5.82 Å². The second-order valence-corrected chi connectivity index (χ2v) is 6.81. The average molecular weight is 319 g/mol. The molecule has 116 valence electrons. The number of aromatic carboxylic acids is 1. The maximum Gasteiger partial charge on any atom is 0.347 e. The maximum absolute atomic E-state index is 13.8. The molecule has 22 heavy (non-hydrogen) atoms. The molecule has 0 aliphatic heterocycles. The molecule has 2 aromatic rings. The minimum Gasteiger partial charge on any atom is -0.477 e. The van der Waals surface area contributed by atoms with E-state index in [2.05, 4.69) is 4.98 Å². The first kappa shape index (κ1) is 15.2. The van der Waals surface area contributed by atoms with Gasteiger partial charge in [-0.05, 0) is 24.5 Å². The molecule has 0 saturated heterocycles. The number of hydrogen-bond donors (Lipinski definition) is 1. The fraction of sp³-hybridized carbons (Fsp3) is 0.412. The zero-order valence-electron chi connectivity index (χ0n) is 12.2. The second-order valence-electron chi connectivity index (χ2n) is 5.73. The lowest BCUT2D eigenvalue weighted by Crippen LogP contribution is -2.09. The lowest BCUT2D eigenvalue weighted by molar-refractivity contribution is 0.0700. The van der Waals surface area contributed by atoms with Crippen LogP contribution in [0.25, 0.3) is 0 Å². The molecule has 1 aromatic heterocycles. The number of rotatable bonds is 4. The molecule has 5 heteroatoms. The number of benzene rings is 1. The zero-order chi connectivity index (χ0) is 15.5. The van der Waals surface area contributed by atoms with Gasteiger partial charge in [0.25, 0.3) is 0 Å². The molecule has 1 saturated carbocycles. The SMILES string of the molecule is O=C(O)c1sc(Cc2ccccc2F)nc1C1CCCCC1. The van der Waals surface area contributed by atoms with Crippen LogP contribution in [-0.4, -0.2) is 16.1 Å². The van der Waals surface area contributed by atoms with Crippen molar-refractivity contribution in [1.29, 1.82) is 0 Å². The second kappa shape index (κ2) is 6.57. The van der Waals surface area contributed by atoms with Crippen LogP contribution in [0.4, 0.5) is 4.39 Å². The molecule has 1 fully saturated rings. The largest absolute Gasteiger partial charge is 0.477 e. The Morgan fingerprint density at radius 2 is 2.00 bits per heavy atom. The Hall–Kier alpha value is -1.75. The highest BCUT2D eigenvalue weighted by Gasteiger charge is 2.26. The van der Waals surface area contributed by atoms with Crippen molar-refractivity contribution in [3.8, 4) is 0 Å². The van der Waals surface area contributed by atoms with Crippen LogP contribution in [-0.2, 0) is 6.42 Å². The summed E-state index contributed by atoms with van der Waals surface area (Å²) < 4.78 is 13.8. The first-order valence-electron chi connectivity index (χ1n) is 7.61. The number of carbonyl (C=O) groups is 1. The topological polar surface area (TPSA) is 50.2 Å². The summed E-state index contributed by atoms with van der Waals surface area (Å²) in [7, 11) is 0. The number of carboxylic acids is 1. The van der Waals surface area contributed by atoms with Crippen molar-refractivity contribution in [3.63, 3.8) is 0 Å². The third kappa shape index (κ3) is 3.19. The van der Waals surface area contributed by atoms with Crippen LogP contribution in [0.5, 0.6) is 0 Å². The summed E-state index contributed by atoms with van der Waals surface area (Å²) in [4.78, 5) is 16.4. The van der Waals surface area contributed by atoms with E-state index in [-0.39, 0.29) is 11.7 Å². The van der Waals surface area contributed by atoms with Crippen molar-refractivity contribution < 1.29 is 14.3 Å². The van der Waals surface area contributed by atoms with Crippen LogP contribution >= 0.6 is 11.3 Å². The highest BCUT2D eigenvalue weighted by atomic mass is 32.1. The Morgan fingerprint density at radius 1 is 1.27 bits per heavy atom. The Kier molecular flexibility index (Phi) is 4.52. The molecular formula is C17H18FNO2S. The molecule has 1 aromatic carbocycles. The summed E-state index contributed by atoms with van der Waals surface area (Å²) in [6.45, 7) is 0. The molecule has 1 heterocycles. The Labute approximate surface area is 132 Å². The highest BCUT2D eigenvalue weighted by Crippen LogP contribution is 2.36. The van der Waals surface area contributed by atoms with Crippen molar-refractivity contribution in [1.82, 2.24) is 4.98 Å². The number of halogens is 1. The Morgan fingerprint density at radius 3 is 2.68 bits per heavy atom. The molecule has 1 aliphatic carbocycles. The van der Waals surface area contributed by atoms with Crippen molar-refractivity contribution in [2.75, 3.05) is 0 Å². The standard InChI is InChI=1S/C17H18FNO2S/c18-13-9-5-4-8-12(13)10-14-19-15(16(22-14)17(20)21)11-6-2-1-3-7-11/h4-5,8-9,11H,1-3,6-7,10H2,(H,20,21). The summed E-state index contributed by atoms with van der Waals surface area (Å²) in [6.07, 6.45) is 5.83. The molecule has 0 atom stereocenters. The van der Waals surface area contributed by atoms with E-state index in [4.69, 9.17) is 0 Å². The van der Waals surface area contributed by atoms with Gasteiger partial charge >= 0.3 is 5.97 Å². The van der Waals surface area contributed by atoms with Gasteiger partial charge in [-0.15, -0.1) is 11.3 Å². The molecule has 3 rings (SSSR count). The molecule has 1 N–H and O–H groups in total. The van der Waals surface area contributed by atoms with Crippen molar-refractivity contribution >= 4 is 17.3 Å². The van der Waals surface area contributed by atoms with E-state index < -0.39 is 5.97 Å². The van der Waals surface area contributed by atoms with Gasteiger partial charge in [0.2, 0.25) is 0 Å². The van der Waals surface area contributed by atoms with Crippen LogP contribution in [0.3, 0.4) is 0 Å². The summed E-state index contributed by atoms with van der Waals surface area (Å²) in [6, 6.07) is 6.57. The molecular weight excluding hydrogens is 301 g/mol. The van der Waals surface area contributed by atoms with Crippen molar-refractivity contribution in [2.24, 2.45) is 0 Å². The lowest BCUT2D eigenvalue weighted by atomic mass is 9.86. The molecule has 0 amide bonds. The Bertz CT molecular complexity index is 677. The first-order valence-corrected chi connectivity index (χ1v) is 8.43. The van der Waals surface area contributed by atoms with E-state index in [1.807, 2.05) is 0 Å². The zero-order valence-corrected chi connectivity index (χ0v) is 13.0. The molecule has 0 unspecified atom stereocenters. The summed E-state index contributed by atoms with van der Waals surface area (Å²) in [5.41, 5.74) is 1.27. The predicted octanol–water partition coefficient (Wildman–Crippen LogP) is 4.62. The number of thiazole rings is 1. The van der Waals surface area contributed by atoms with E-state index >= 15 is 0 Å². The smallest absolute Gasteiger partial charge is 0.347 e. The van der Waals surface area contributed by atoms with Gasteiger partial charge in [-0.2, -0.15) is 0 Å². The van der Waals surface area contributed by atoms with E-state index in [1.54, 1.807) is 18.2 Å². The van der Waals surface area contributed by atoms with Crippen LogP contribution < -0.4 is 0 Å². The fourth-order valence-electron chi connectivity index (χ4n) is 3.06. The van der Waals surface area contributed by atoms with Gasteiger partial charge in [0.05, 0.1) is 10.7 Å². The Balaban J connectivity index is 1.89. The average Bonchev–Trinajstić information content (AvgIpc) is 2.95. The van der Waals surface area contributed by atoms with Crippen LogP contribution in [0.1, 0.15) is 64.0 Å². The summed E-state index contributed by atoms with van der Waals surface area (Å²) in [5, 5.41) is 10.1. The number of hydrogen-bond acceptors (Lipinski definition) is 3. The quantitative estimate of drug-likeness (QED) is 0.894. The van der Waals surface area contributed by atoms with Gasteiger partial charge in [-0.3, -0.25) is 0 Å². The minimum absolute atomic E-state index is 0.241. The highest BCUT2D eigenvalue weighted by molar-refractivity contribution is 7.13. The van der Waals surface area contributed by atoms with Gasteiger partial charge < -0.3 is 5.11 Å². The lowest BCUT2D eigenvalue weighted by Gasteiger charge is -2.20. The molecule has 0 spiro atoms. The van der Waals surface area contributed by atoms with Gasteiger partial charge in [0.1, 0.15) is 10.7 Å². The third-order valence-corrected chi connectivity index (χ3v) is 5.24. The van der Waals surface area contributed by atoms with E-state index in [9.17, 15) is 14.3 Å². The minimum atomic E-state index is -0.919. The van der Waals surface area contributed by atoms with E-state index in [0.29, 0.717) is 27.6 Å². The number of aromatic nitrogens is 1. The van der Waals surface area contributed by atoms with E-state index in [1.165, 1.54) is 23.8 Å². The molecule has 3 nitrogen and oxygen atoms in total. The van der Waals surface area contributed by atoms with Crippen molar-refractivity contribution in [3.05, 3.63) is 51.2 Å². The number of nitrogens with zero attached hydrogens (tertiary/aromatic N) is 1.